The Morgan fingerprint density at radius 3 is 2.76 bits per heavy atom. The fourth-order valence-corrected chi connectivity index (χ4v) is 1.56. The molecule has 1 unspecified atom stereocenters. The lowest BCUT2D eigenvalue weighted by Crippen LogP contribution is -2.29. The second-order valence-corrected chi connectivity index (χ2v) is 3.66. The van der Waals surface area contributed by atoms with E-state index in [1.807, 2.05) is 0 Å². The maximum Gasteiger partial charge on any atom is 0.171 e. The van der Waals surface area contributed by atoms with E-state index < -0.39 is 11.9 Å². The molecule has 1 atom stereocenters. The maximum absolute atomic E-state index is 13.6. The zero-order valence-electron chi connectivity index (χ0n) is 9.90. The van der Waals surface area contributed by atoms with Gasteiger partial charge in [-0.15, -0.1) is 0 Å². The smallest absolute Gasteiger partial charge is 0.171 e. The molecule has 0 fully saturated rings. The molecular weight excluding hydrogens is 225 g/mol. The Labute approximate surface area is 99.5 Å². The van der Waals surface area contributed by atoms with Crippen molar-refractivity contribution in [2.24, 2.45) is 5.73 Å². The van der Waals surface area contributed by atoms with Gasteiger partial charge in [0.15, 0.2) is 5.78 Å². The second-order valence-electron chi connectivity index (χ2n) is 3.66. The van der Waals surface area contributed by atoms with Crippen LogP contribution in [0, 0.1) is 5.82 Å². The molecule has 0 bridgehead atoms. The molecular formula is C12H16FNO3. The Morgan fingerprint density at radius 2 is 2.18 bits per heavy atom. The molecule has 17 heavy (non-hydrogen) atoms. The molecule has 0 saturated heterocycles. The van der Waals surface area contributed by atoms with Crippen LogP contribution in [0.2, 0.25) is 0 Å². The van der Waals surface area contributed by atoms with E-state index in [-0.39, 0.29) is 30.1 Å². The number of ether oxygens (including phenoxy) is 2. The van der Waals surface area contributed by atoms with Crippen LogP contribution in [0.15, 0.2) is 18.2 Å². The van der Waals surface area contributed by atoms with Crippen molar-refractivity contribution < 1.29 is 18.7 Å². The summed E-state index contributed by atoms with van der Waals surface area (Å²) in [6.45, 7) is 0.252. The summed E-state index contributed by atoms with van der Waals surface area (Å²) >= 11 is 0. The van der Waals surface area contributed by atoms with Gasteiger partial charge in [0, 0.05) is 19.6 Å². The first-order chi connectivity index (χ1) is 8.10. The van der Waals surface area contributed by atoms with Gasteiger partial charge in [0.1, 0.15) is 11.6 Å². The van der Waals surface area contributed by atoms with Crippen molar-refractivity contribution in [1.29, 1.82) is 0 Å². The number of ketones is 1. The van der Waals surface area contributed by atoms with Crippen molar-refractivity contribution in [3.63, 3.8) is 0 Å². The quantitative estimate of drug-likeness (QED) is 0.764. The normalized spacial score (nSPS) is 12.2. The van der Waals surface area contributed by atoms with Gasteiger partial charge in [0.05, 0.1) is 19.3 Å². The summed E-state index contributed by atoms with van der Waals surface area (Å²) in [5, 5.41) is 0. The highest BCUT2D eigenvalue weighted by Crippen LogP contribution is 2.22. The van der Waals surface area contributed by atoms with Crippen LogP contribution < -0.4 is 10.5 Å². The number of methoxy groups -OCH3 is 2. The highest BCUT2D eigenvalue weighted by Gasteiger charge is 2.19. The Hall–Kier alpha value is -1.46. The topological polar surface area (TPSA) is 61.5 Å². The molecule has 0 aliphatic carbocycles. The van der Waals surface area contributed by atoms with Gasteiger partial charge in [-0.1, -0.05) is 6.07 Å². The predicted molar refractivity (Wildman–Crippen MR) is 61.8 cm³/mol. The highest BCUT2D eigenvalue weighted by molar-refractivity contribution is 5.99. The van der Waals surface area contributed by atoms with Crippen molar-refractivity contribution in [3.8, 4) is 5.75 Å². The maximum atomic E-state index is 13.6. The van der Waals surface area contributed by atoms with Crippen LogP contribution in [0.5, 0.6) is 5.75 Å². The number of rotatable bonds is 6. The van der Waals surface area contributed by atoms with Crippen LogP contribution in [0.1, 0.15) is 16.8 Å². The molecule has 1 aromatic rings. The lowest BCUT2D eigenvalue weighted by atomic mass is 10.0. The molecule has 1 aromatic carbocycles. The first kappa shape index (κ1) is 13.6. The number of nitrogens with two attached hydrogens (primary N) is 1. The average molecular weight is 241 g/mol. The van der Waals surface area contributed by atoms with Gasteiger partial charge >= 0.3 is 0 Å². The van der Waals surface area contributed by atoms with Crippen LogP contribution in [-0.4, -0.2) is 32.7 Å². The van der Waals surface area contributed by atoms with Gasteiger partial charge in [-0.05, 0) is 12.1 Å². The Morgan fingerprint density at radius 1 is 1.47 bits per heavy atom. The molecule has 0 amide bonds. The molecule has 94 valence electrons. The van der Waals surface area contributed by atoms with Crippen LogP contribution in [0.3, 0.4) is 0 Å². The number of hydrogen-bond donors (Lipinski definition) is 1. The summed E-state index contributed by atoms with van der Waals surface area (Å²) in [4.78, 5) is 11.9. The third kappa shape index (κ3) is 3.51. The van der Waals surface area contributed by atoms with Crippen molar-refractivity contribution in [2.45, 2.75) is 12.5 Å². The number of benzene rings is 1. The monoisotopic (exact) mass is 241 g/mol. The molecule has 0 radical (unpaired) electrons. The third-order valence-electron chi connectivity index (χ3n) is 2.30. The highest BCUT2D eigenvalue weighted by atomic mass is 19.1. The molecule has 0 heterocycles. The van der Waals surface area contributed by atoms with Crippen LogP contribution in [-0.2, 0) is 4.74 Å². The van der Waals surface area contributed by atoms with E-state index in [1.54, 1.807) is 0 Å². The Balaban J connectivity index is 2.88. The van der Waals surface area contributed by atoms with Crippen LogP contribution in [0.4, 0.5) is 4.39 Å². The van der Waals surface area contributed by atoms with E-state index in [2.05, 4.69) is 0 Å². The summed E-state index contributed by atoms with van der Waals surface area (Å²) in [6, 6.07) is 3.80. The summed E-state index contributed by atoms with van der Waals surface area (Å²) in [7, 11) is 2.88. The van der Waals surface area contributed by atoms with Crippen LogP contribution in [0.25, 0.3) is 0 Å². The second kappa shape index (κ2) is 6.32. The van der Waals surface area contributed by atoms with Crippen molar-refractivity contribution in [2.75, 3.05) is 20.8 Å². The number of Topliss-reactive ketones (excluding diaryl/α,β-unsaturated/α-hetero) is 1. The zero-order valence-corrected chi connectivity index (χ0v) is 9.90. The Kier molecular flexibility index (Phi) is 5.06. The molecule has 0 aromatic heterocycles. The molecule has 0 spiro atoms. The molecule has 2 N–H and O–H groups in total. The molecule has 0 aliphatic rings. The predicted octanol–water partition coefficient (Wildman–Crippen LogP) is 1.38. The van der Waals surface area contributed by atoms with E-state index in [4.69, 9.17) is 15.2 Å². The minimum Gasteiger partial charge on any atom is -0.496 e. The molecule has 1 rings (SSSR count). The third-order valence-corrected chi connectivity index (χ3v) is 2.30. The fourth-order valence-electron chi connectivity index (χ4n) is 1.56. The minimum atomic E-state index is -0.598. The first-order valence-electron chi connectivity index (χ1n) is 5.20. The van der Waals surface area contributed by atoms with Gasteiger partial charge in [0.25, 0.3) is 0 Å². The van der Waals surface area contributed by atoms with Gasteiger partial charge in [0.2, 0.25) is 0 Å². The van der Waals surface area contributed by atoms with Gasteiger partial charge in [-0.2, -0.15) is 0 Å². The molecule has 5 heteroatoms. The van der Waals surface area contributed by atoms with Crippen LogP contribution >= 0.6 is 0 Å². The van der Waals surface area contributed by atoms with Gasteiger partial charge < -0.3 is 15.2 Å². The number of halogens is 1. The fraction of sp³-hybridized carbons (Fsp3) is 0.417. The number of hydrogen-bond acceptors (Lipinski definition) is 4. The zero-order chi connectivity index (χ0) is 12.8. The molecule has 0 saturated carbocycles. The minimum absolute atomic E-state index is 0.0190. The van der Waals surface area contributed by atoms with Gasteiger partial charge in [-0.25, -0.2) is 4.39 Å². The van der Waals surface area contributed by atoms with E-state index in [0.29, 0.717) is 0 Å². The molecule has 0 aliphatic heterocycles. The first-order valence-corrected chi connectivity index (χ1v) is 5.20. The van der Waals surface area contributed by atoms with Crippen molar-refractivity contribution >= 4 is 5.78 Å². The lowest BCUT2D eigenvalue weighted by molar-refractivity contribution is 0.0942. The van der Waals surface area contributed by atoms with Crippen molar-refractivity contribution in [1.82, 2.24) is 0 Å². The Bertz CT molecular complexity index is 395. The van der Waals surface area contributed by atoms with E-state index in [1.165, 1.54) is 32.4 Å². The standard InChI is InChI=1S/C12H16FNO3/c1-16-7-8(14)6-10(15)12-9(13)4-3-5-11(12)17-2/h3-5,8H,6-7,14H2,1-2H3. The van der Waals surface area contributed by atoms with Crippen molar-refractivity contribution in [3.05, 3.63) is 29.6 Å². The van der Waals surface area contributed by atoms with E-state index >= 15 is 0 Å². The molecule has 4 nitrogen and oxygen atoms in total. The van der Waals surface area contributed by atoms with Gasteiger partial charge in [-0.3, -0.25) is 4.79 Å². The lowest BCUT2D eigenvalue weighted by Gasteiger charge is -2.12. The summed E-state index contributed by atoms with van der Waals surface area (Å²) in [6.07, 6.45) is 0.0190. The van der Waals surface area contributed by atoms with E-state index in [9.17, 15) is 9.18 Å². The number of carbonyl (C=O) groups is 1. The van der Waals surface area contributed by atoms with E-state index in [0.717, 1.165) is 0 Å². The SMILES string of the molecule is COCC(N)CC(=O)c1c(F)cccc1OC. The number of carbonyl (C=O) groups excluding carboxylic acids is 1. The summed E-state index contributed by atoms with van der Waals surface area (Å²) in [5.74, 6) is -0.761. The summed E-state index contributed by atoms with van der Waals surface area (Å²) in [5.41, 5.74) is 5.60. The average Bonchev–Trinajstić information content (AvgIpc) is 2.28. The largest absolute Gasteiger partial charge is 0.496 e. The summed E-state index contributed by atoms with van der Waals surface area (Å²) < 4.78 is 23.3.